The third kappa shape index (κ3) is 3.82. The molecular formula is C17H19ClN4O3S. The van der Waals surface area contributed by atoms with Crippen LogP contribution in [0.1, 0.15) is 10.4 Å². The minimum Gasteiger partial charge on any atom is -0.353 e. The van der Waals surface area contributed by atoms with E-state index in [2.05, 4.69) is 14.6 Å². The van der Waals surface area contributed by atoms with E-state index in [1.165, 1.54) is 25.2 Å². The summed E-state index contributed by atoms with van der Waals surface area (Å²) >= 11 is 6.14. The van der Waals surface area contributed by atoms with Crippen LogP contribution < -0.4 is 9.62 Å². The van der Waals surface area contributed by atoms with Gasteiger partial charge in [-0.3, -0.25) is 4.79 Å². The van der Waals surface area contributed by atoms with Crippen LogP contribution in [0.25, 0.3) is 0 Å². The SMILES string of the molecule is CNS(=O)(=O)c1ccc(Cl)c(C(=O)N2CCN(c3ccccn3)CC2)c1. The van der Waals surface area contributed by atoms with Crippen molar-refractivity contribution in [3.8, 4) is 0 Å². The second kappa shape index (κ2) is 7.61. The van der Waals surface area contributed by atoms with Gasteiger partial charge in [0.25, 0.3) is 5.91 Å². The van der Waals surface area contributed by atoms with Gasteiger partial charge in [0.2, 0.25) is 10.0 Å². The number of carbonyl (C=O) groups excluding carboxylic acids is 1. The number of hydrogen-bond acceptors (Lipinski definition) is 5. The Morgan fingerprint density at radius 1 is 1.15 bits per heavy atom. The monoisotopic (exact) mass is 394 g/mol. The number of anilines is 1. The van der Waals surface area contributed by atoms with Gasteiger partial charge in [-0.15, -0.1) is 0 Å². The number of sulfonamides is 1. The second-order valence-corrected chi connectivity index (χ2v) is 8.11. The lowest BCUT2D eigenvalue weighted by atomic mass is 10.1. The number of benzene rings is 1. The molecule has 1 saturated heterocycles. The Hall–Kier alpha value is -2.16. The van der Waals surface area contributed by atoms with Crippen molar-refractivity contribution in [1.82, 2.24) is 14.6 Å². The fourth-order valence-electron chi connectivity index (χ4n) is 2.80. The lowest BCUT2D eigenvalue weighted by Gasteiger charge is -2.35. The van der Waals surface area contributed by atoms with E-state index in [1.807, 2.05) is 18.2 Å². The largest absolute Gasteiger partial charge is 0.353 e. The number of piperazine rings is 1. The Morgan fingerprint density at radius 3 is 2.50 bits per heavy atom. The van der Waals surface area contributed by atoms with Gasteiger partial charge in [-0.25, -0.2) is 18.1 Å². The fourth-order valence-corrected chi connectivity index (χ4v) is 3.76. The number of nitrogens with zero attached hydrogens (tertiary/aromatic N) is 3. The molecule has 1 amide bonds. The molecule has 0 unspecified atom stereocenters. The molecule has 9 heteroatoms. The topological polar surface area (TPSA) is 82.6 Å². The first-order chi connectivity index (χ1) is 12.4. The molecule has 0 radical (unpaired) electrons. The fraction of sp³-hybridized carbons (Fsp3) is 0.294. The van der Waals surface area contributed by atoms with Gasteiger partial charge in [-0.05, 0) is 37.4 Å². The van der Waals surface area contributed by atoms with Gasteiger partial charge in [0.15, 0.2) is 0 Å². The highest BCUT2D eigenvalue weighted by Crippen LogP contribution is 2.23. The summed E-state index contributed by atoms with van der Waals surface area (Å²) in [4.78, 5) is 20.9. The van der Waals surface area contributed by atoms with E-state index >= 15 is 0 Å². The molecule has 1 aromatic carbocycles. The molecule has 0 saturated carbocycles. The van der Waals surface area contributed by atoms with Gasteiger partial charge >= 0.3 is 0 Å². The molecule has 1 aliphatic heterocycles. The lowest BCUT2D eigenvalue weighted by molar-refractivity contribution is 0.0746. The Kier molecular flexibility index (Phi) is 5.45. The Labute approximate surface area is 157 Å². The molecule has 0 bridgehead atoms. The van der Waals surface area contributed by atoms with Gasteiger partial charge in [-0.2, -0.15) is 0 Å². The summed E-state index contributed by atoms with van der Waals surface area (Å²) in [6.07, 6.45) is 1.74. The van der Waals surface area contributed by atoms with Crippen LogP contribution >= 0.6 is 11.6 Å². The second-order valence-electron chi connectivity index (χ2n) is 5.82. The van der Waals surface area contributed by atoms with E-state index in [-0.39, 0.29) is 21.4 Å². The summed E-state index contributed by atoms with van der Waals surface area (Å²) < 4.78 is 26.2. The number of carbonyl (C=O) groups is 1. The van der Waals surface area contributed by atoms with Gasteiger partial charge in [-0.1, -0.05) is 17.7 Å². The summed E-state index contributed by atoms with van der Waals surface area (Å²) in [5.41, 5.74) is 0.189. The zero-order valence-electron chi connectivity index (χ0n) is 14.2. The predicted octanol–water partition coefficient (Wildman–Crippen LogP) is 1.61. The first-order valence-corrected chi connectivity index (χ1v) is 9.97. The van der Waals surface area contributed by atoms with Gasteiger partial charge in [0.1, 0.15) is 5.82 Å². The quantitative estimate of drug-likeness (QED) is 0.851. The molecule has 1 N–H and O–H groups in total. The summed E-state index contributed by atoms with van der Waals surface area (Å²) in [6, 6.07) is 9.85. The van der Waals surface area contributed by atoms with Crippen molar-refractivity contribution in [3.05, 3.63) is 53.2 Å². The highest BCUT2D eigenvalue weighted by atomic mass is 35.5. The first-order valence-electron chi connectivity index (χ1n) is 8.11. The van der Waals surface area contributed by atoms with Crippen LogP contribution in [0, 0.1) is 0 Å². The Morgan fingerprint density at radius 2 is 1.88 bits per heavy atom. The van der Waals surface area contributed by atoms with Crippen molar-refractivity contribution >= 4 is 33.3 Å². The van der Waals surface area contributed by atoms with Crippen LogP contribution in [-0.2, 0) is 10.0 Å². The first kappa shape index (κ1) is 18.6. The van der Waals surface area contributed by atoms with E-state index in [1.54, 1.807) is 11.1 Å². The van der Waals surface area contributed by atoms with Crippen LogP contribution in [0.15, 0.2) is 47.5 Å². The van der Waals surface area contributed by atoms with Crippen LogP contribution in [-0.4, -0.2) is 57.4 Å². The van der Waals surface area contributed by atoms with Crippen molar-refractivity contribution in [2.75, 3.05) is 38.1 Å². The summed E-state index contributed by atoms with van der Waals surface area (Å²) in [5.74, 6) is 0.601. The molecule has 138 valence electrons. The van der Waals surface area contributed by atoms with E-state index < -0.39 is 10.0 Å². The summed E-state index contributed by atoms with van der Waals surface area (Å²) in [5, 5.41) is 0.234. The average Bonchev–Trinajstić information content (AvgIpc) is 2.68. The van der Waals surface area contributed by atoms with Crippen LogP contribution in [0.5, 0.6) is 0 Å². The van der Waals surface area contributed by atoms with E-state index in [0.29, 0.717) is 26.2 Å². The molecule has 0 atom stereocenters. The molecule has 26 heavy (non-hydrogen) atoms. The minimum atomic E-state index is -3.64. The highest BCUT2D eigenvalue weighted by molar-refractivity contribution is 7.89. The minimum absolute atomic E-state index is 0.0138. The third-order valence-corrected chi connectivity index (χ3v) is 6.03. The van der Waals surface area contributed by atoms with Crippen molar-refractivity contribution in [2.24, 2.45) is 0 Å². The molecule has 2 heterocycles. The third-order valence-electron chi connectivity index (χ3n) is 4.29. The molecule has 0 aliphatic carbocycles. The van der Waals surface area contributed by atoms with Crippen LogP contribution in [0.2, 0.25) is 5.02 Å². The number of hydrogen-bond donors (Lipinski definition) is 1. The highest BCUT2D eigenvalue weighted by Gasteiger charge is 2.25. The zero-order valence-corrected chi connectivity index (χ0v) is 15.8. The normalized spacial score (nSPS) is 15.2. The molecule has 2 aromatic rings. The van der Waals surface area contributed by atoms with Gasteiger partial charge < -0.3 is 9.80 Å². The molecular weight excluding hydrogens is 376 g/mol. The van der Waals surface area contributed by atoms with E-state index in [9.17, 15) is 13.2 Å². The van der Waals surface area contributed by atoms with E-state index in [0.717, 1.165) is 5.82 Å². The Bertz CT molecular complexity index is 897. The summed E-state index contributed by atoms with van der Waals surface area (Å²) in [7, 11) is -2.32. The molecule has 1 aliphatic rings. The number of nitrogens with one attached hydrogen (secondary N) is 1. The number of pyridine rings is 1. The molecule has 7 nitrogen and oxygen atoms in total. The number of aromatic nitrogens is 1. The maximum Gasteiger partial charge on any atom is 0.255 e. The molecule has 0 spiro atoms. The smallest absolute Gasteiger partial charge is 0.255 e. The number of halogens is 1. The van der Waals surface area contributed by atoms with Crippen molar-refractivity contribution in [1.29, 1.82) is 0 Å². The maximum absolute atomic E-state index is 12.8. The van der Waals surface area contributed by atoms with Crippen molar-refractivity contribution in [3.63, 3.8) is 0 Å². The lowest BCUT2D eigenvalue weighted by Crippen LogP contribution is -2.49. The Balaban J connectivity index is 1.76. The van der Waals surface area contributed by atoms with Crippen LogP contribution in [0.4, 0.5) is 5.82 Å². The average molecular weight is 395 g/mol. The van der Waals surface area contributed by atoms with Gasteiger partial charge in [0.05, 0.1) is 15.5 Å². The molecule has 1 fully saturated rings. The number of amides is 1. The van der Waals surface area contributed by atoms with Crippen molar-refractivity contribution in [2.45, 2.75) is 4.90 Å². The van der Waals surface area contributed by atoms with Crippen LogP contribution in [0.3, 0.4) is 0 Å². The summed E-state index contributed by atoms with van der Waals surface area (Å²) in [6.45, 7) is 2.31. The van der Waals surface area contributed by atoms with E-state index in [4.69, 9.17) is 11.6 Å². The zero-order chi connectivity index (χ0) is 18.7. The van der Waals surface area contributed by atoms with Crippen molar-refractivity contribution < 1.29 is 13.2 Å². The predicted molar refractivity (Wildman–Crippen MR) is 100 cm³/mol. The standard InChI is InChI=1S/C17H19ClN4O3S/c1-19-26(24,25)13-5-6-15(18)14(12-13)17(23)22-10-8-21(9-11-22)16-4-2-3-7-20-16/h2-7,12,19H,8-11H2,1H3. The molecule has 1 aromatic heterocycles. The van der Waals surface area contributed by atoms with Gasteiger partial charge in [0, 0.05) is 32.4 Å². The maximum atomic E-state index is 12.8. The number of rotatable bonds is 4. The molecule has 3 rings (SSSR count).